The van der Waals surface area contributed by atoms with E-state index in [1.54, 1.807) is 84.0 Å². The lowest BCUT2D eigenvalue weighted by atomic mass is 9.90. The standard InChI is InChI=1S/C69H91N9O17S2/c1-40(79)58(54(82)23-15-17-33-78-56(84)30-31-57(78)85)76-64(90)53-39-97-96-38-52(73-62(88)50(35-42-18-10-9-11-19-42)75-67(93)95-69(6,7)8)55(83)37-46(34-43-24-28-47(81)29-25-43)60(86)72-51(36-45-27-26-44-20-12-13-21-48(44)45)63(89)71-49(61(87)77-59(41(2)80)65(91)74-53)22-14-16-32-70-66(92)94-68(3,4)5/h9-13,18-21,24-25,27-31,40-41,46,49-53,58-59,79-81H,14-17,22-23,26,32-39H2,1-8H3,(H,70,92)(H,71,89)(H,72,86)(H,73,88)(H,74,91)(H,75,93)(H,76,90)(H,77,87)/t40-,41-,46-,49+,50-,51-,52+,53+,58+,59+/m1/s1. The maximum Gasteiger partial charge on any atom is 0.408 e. The van der Waals surface area contributed by atoms with Gasteiger partial charge >= 0.3 is 12.2 Å². The van der Waals surface area contributed by atoms with Crippen LogP contribution in [0.3, 0.4) is 0 Å². The molecule has 0 aromatic heterocycles. The number of unbranched alkanes of at least 4 members (excludes halogenated alkanes) is 2. The van der Waals surface area contributed by atoms with Crippen molar-refractivity contribution >= 4 is 98.2 Å². The Labute approximate surface area is 572 Å². The molecule has 1 fully saturated rings. The summed E-state index contributed by atoms with van der Waals surface area (Å²) in [6.07, 6.45) is -0.741. The van der Waals surface area contributed by atoms with Gasteiger partial charge in [-0.25, -0.2) is 9.59 Å². The maximum absolute atomic E-state index is 15.3. The molecule has 3 aliphatic rings. The highest BCUT2D eigenvalue weighted by molar-refractivity contribution is 8.76. The van der Waals surface area contributed by atoms with E-state index < -0.39 is 149 Å². The lowest BCUT2D eigenvalue weighted by Crippen LogP contribution is -2.62. The van der Waals surface area contributed by atoms with E-state index >= 15 is 14.4 Å². The number of rotatable bonds is 24. The molecule has 0 radical (unpaired) electrons. The molecule has 1 saturated heterocycles. The van der Waals surface area contributed by atoms with E-state index in [0.717, 1.165) is 49.8 Å². The van der Waals surface area contributed by atoms with Crippen LogP contribution in [0.5, 0.6) is 5.75 Å². The molecule has 26 nitrogen and oxygen atoms in total. The monoisotopic (exact) mass is 1380 g/mol. The van der Waals surface area contributed by atoms with Gasteiger partial charge in [0.1, 0.15) is 53.2 Å². The molecular weight excluding hydrogens is 1290 g/mol. The number of fused-ring (bicyclic) bond motifs is 1. The van der Waals surface area contributed by atoms with Crippen molar-refractivity contribution in [3.63, 3.8) is 0 Å². The molecule has 28 heteroatoms. The van der Waals surface area contributed by atoms with Crippen LogP contribution >= 0.6 is 21.6 Å². The van der Waals surface area contributed by atoms with Crippen LogP contribution in [0, 0.1) is 5.92 Å². The third kappa shape index (κ3) is 25.4. The number of carbonyl (C=O) groups excluding carboxylic acids is 12. The molecule has 0 saturated carbocycles. The SMILES string of the molecule is C[C@@H](O)[C@H](NC(=O)[C@@H]1CSSC[C@H](NC(=O)[C@@H](Cc2ccccc2)NC(=O)OC(C)(C)C)C(=O)C[C@@H](Cc2ccc(O)cc2)C(=O)N[C@H](CC2=CCc3ccccc32)C(=O)N[C@@H](CCCCNC(=O)OC(C)(C)C)C(=O)N[C@@H]([C@@H](C)O)C(=O)N1)C(=O)CCCCN1C(=O)C=CC1=O. The first-order chi connectivity index (χ1) is 45.8. The van der Waals surface area contributed by atoms with Gasteiger partial charge in [0.2, 0.25) is 35.4 Å². The molecule has 10 amide bonds. The maximum atomic E-state index is 15.3. The zero-order chi connectivity index (χ0) is 71.1. The van der Waals surface area contributed by atoms with Crippen molar-refractivity contribution in [2.45, 2.75) is 192 Å². The molecule has 3 aromatic rings. The second-order valence-electron chi connectivity index (χ2n) is 26.2. The van der Waals surface area contributed by atoms with Crippen molar-refractivity contribution in [1.29, 1.82) is 0 Å². The normalized spacial score (nSPS) is 21.2. The summed E-state index contributed by atoms with van der Waals surface area (Å²) in [6.45, 7) is 12.5. The number of hydrogen-bond donors (Lipinski definition) is 11. The summed E-state index contributed by atoms with van der Waals surface area (Å²) in [5.41, 5.74) is 1.74. The number of aliphatic hydroxyl groups is 2. The molecule has 2 heterocycles. The number of nitrogens with zero attached hydrogens (tertiary/aromatic N) is 1. The Hall–Kier alpha value is -8.60. The smallest absolute Gasteiger partial charge is 0.408 e. The van der Waals surface area contributed by atoms with E-state index in [9.17, 15) is 58.5 Å². The molecule has 0 bridgehead atoms. The lowest BCUT2D eigenvalue weighted by Gasteiger charge is -2.29. The molecule has 0 spiro atoms. The lowest BCUT2D eigenvalue weighted by molar-refractivity contribution is -0.137. The van der Waals surface area contributed by atoms with Gasteiger partial charge in [-0.15, -0.1) is 0 Å². The molecular formula is C69H91N9O17S2. The summed E-state index contributed by atoms with van der Waals surface area (Å²) in [5, 5.41) is 53.9. The van der Waals surface area contributed by atoms with Crippen LogP contribution in [0.15, 0.2) is 97.1 Å². The van der Waals surface area contributed by atoms with Crippen molar-refractivity contribution in [3.8, 4) is 5.75 Å². The Morgan fingerprint density at radius 3 is 1.96 bits per heavy atom. The number of nitrogens with one attached hydrogen (secondary N) is 8. The average Bonchev–Trinajstić information content (AvgIpc) is 1.81. The van der Waals surface area contributed by atoms with Crippen LogP contribution in [0.2, 0.25) is 0 Å². The number of Topliss-reactive ketones (excluding diaryl/α,β-unsaturated/α-hetero) is 2. The molecule has 1 aliphatic carbocycles. The van der Waals surface area contributed by atoms with Crippen molar-refractivity contribution in [2.75, 3.05) is 24.6 Å². The molecule has 0 unspecified atom stereocenters. The van der Waals surface area contributed by atoms with Gasteiger partial charge in [0.05, 0.1) is 18.2 Å². The highest BCUT2D eigenvalue weighted by atomic mass is 33.1. The summed E-state index contributed by atoms with van der Waals surface area (Å²) >= 11 is 0. The largest absolute Gasteiger partial charge is 0.508 e. The van der Waals surface area contributed by atoms with E-state index in [1.165, 1.54) is 26.0 Å². The van der Waals surface area contributed by atoms with Crippen LogP contribution in [0.1, 0.15) is 129 Å². The minimum absolute atomic E-state index is 0.00553. The third-order valence-electron chi connectivity index (χ3n) is 15.8. The van der Waals surface area contributed by atoms with Gasteiger partial charge in [0.25, 0.3) is 11.8 Å². The number of imide groups is 1. The van der Waals surface area contributed by atoms with E-state index in [0.29, 0.717) is 23.1 Å². The molecule has 6 rings (SSSR count). The predicted octanol–water partition coefficient (Wildman–Crippen LogP) is 4.10. The molecule has 526 valence electrons. The Balaban J connectivity index is 1.41. The number of phenolic OH excluding ortho intramolecular Hbond substituents is 1. The van der Waals surface area contributed by atoms with Crippen molar-refractivity contribution in [2.24, 2.45) is 5.92 Å². The number of hydrogen-bond acceptors (Lipinski definition) is 19. The summed E-state index contributed by atoms with van der Waals surface area (Å²) in [6, 6.07) is 11.2. The Kier molecular flexibility index (Phi) is 29.3. The number of ether oxygens (including phenoxy) is 2. The van der Waals surface area contributed by atoms with Crippen molar-refractivity contribution < 1.29 is 82.3 Å². The van der Waals surface area contributed by atoms with Gasteiger partial charge in [-0.2, -0.15) is 0 Å². The Bertz CT molecular complexity index is 3350. The predicted molar refractivity (Wildman–Crippen MR) is 364 cm³/mol. The van der Waals surface area contributed by atoms with Crippen LogP contribution in [-0.2, 0) is 76.7 Å². The minimum atomic E-state index is -1.84. The number of phenols is 1. The number of alkyl carbamates (subject to hydrolysis) is 2. The van der Waals surface area contributed by atoms with Gasteiger partial charge in [-0.3, -0.25) is 52.8 Å². The number of benzene rings is 3. The summed E-state index contributed by atoms with van der Waals surface area (Å²) in [4.78, 5) is 170. The van der Waals surface area contributed by atoms with Crippen LogP contribution < -0.4 is 42.5 Å². The highest BCUT2D eigenvalue weighted by Gasteiger charge is 2.39. The first-order valence-electron chi connectivity index (χ1n) is 32.4. The van der Waals surface area contributed by atoms with Gasteiger partial charge < -0.3 is 67.3 Å². The molecule has 10 atom stereocenters. The molecule has 3 aromatic carbocycles. The average molecular weight is 1380 g/mol. The van der Waals surface area contributed by atoms with Crippen LogP contribution in [-0.4, -0.2) is 182 Å². The molecule has 97 heavy (non-hydrogen) atoms. The van der Waals surface area contributed by atoms with Crippen LogP contribution in [0.4, 0.5) is 9.59 Å². The summed E-state index contributed by atoms with van der Waals surface area (Å²) in [7, 11) is 1.86. The Morgan fingerprint density at radius 1 is 0.670 bits per heavy atom. The summed E-state index contributed by atoms with van der Waals surface area (Å²) in [5.74, 6) is -10.0. The van der Waals surface area contributed by atoms with E-state index in [2.05, 4.69) is 42.5 Å². The second-order valence-corrected chi connectivity index (χ2v) is 28.8. The highest BCUT2D eigenvalue weighted by Crippen LogP contribution is 2.32. The molecule has 11 N–H and O–H groups in total. The fourth-order valence-electron chi connectivity index (χ4n) is 10.8. The van der Waals surface area contributed by atoms with E-state index in [-0.39, 0.29) is 88.1 Å². The number of amides is 10. The topological polar surface area (TPSA) is 383 Å². The Morgan fingerprint density at radius 2 is 1.30 bits per heavy atom. The number of ketones is 2. The summed E-state index contributed by atoms with van der Waals surface area (Å²) < 4.78 is 10.9. The first-order valence-corrected chi connectivity index (χ1v) is 34.9. The zero-order valence-corrected chi connectivity index (χ0v) is 57.6. The van der Waals surface area contributed by atoms with Crippen molar-refractivity contribution in [1.82, 2.24) is 47.4 Å². The number of aromatic hydroxyl groups is 1. The van der Waals surface area contributed by atoms with Crippen LogP contribution in [0.25, 0.3) is 5.57 Å². The quantitative estimate of drug-likeness (QED) is 0.0341. The van der Waals surface area contributed by atoms with Gasteiger partial charge in [0, 0.05) is 68.3 Å². The van der Waals surface area contributed by atoms with Gasteiger partial charge in [-0.05, 0) is 140 Å². The minimum Gasteiger partial charge on any atom is -0.508 e. The van der Waals surface area contributed by atoms with E-state index in [1.807, 2.05) is 30.3 Å². The van der Waals surface area contributed by atoms with E-state index in [4.69, 9.17) is 9.47 Å². The van der Waals surface area contributed by atoms with Gasteiger partial charge in [0.15, 0.2) is 11.6 Å². The molecule has 2 aliphatic heterocycles. The zero-order valence-electron chi connectivity index (χ0n) is 55.9. The second kappa shape index (κ2) is 36.7. The third-order valence-corrected chi connectivity index (χ3v) is 18.2. The first kappa shape index (κ1) is 77.4. The fraction of sp³-hybridized carbons (Fsp3) is 0.507. The number of aliphatic hydroxyl groups excluding tert-OH is 2. The fourth-order valence-corrected chi connectivity index (χ4v) is 13.1. The van der Waals surface area contributed by atoms with Gasteiger partial charge in [-0.1, -0.05) is 94.4 Å². The number of carbonyl (C=O) groups is 12. The number of allylic oxidation sites excluding steroid dienone is 1. The van der Waals surface area contributed by atoms with Crippen molar-refractivity contribution in [3.05, 3.63) is 119 Å².